The maximum absolute atomic E-state index is 12.7. The Labute approximate surface area is 262 Å². The number of aromatic hydroxyl groups is 2. The van der Waals surface area contributed by atoms with E-state index >= 15 is 0 Å². The van der Waals surface area contributed by atoms with Crippen LogP contribution in [-0.4, -0.2) is 90.0 Å². The predicted octanol–water partition coefficient (Wildman–Crippen LogP) is -2.99. The van der Waals surface area contributed by atoms with Gasteiger partial charge in [0.1, 0.15) is 23.6 Å². The number of rotatable bonds is 22. The van der Waals surface area contributed by atoms with E-state index in [1.54, 1.807) is 0 Å². The van der Waals surface area contributed by atoms with Crippen molar-refractivity contribution in [3.05, 3.63) is 23.8 Å². The van der Waals surface area contributed by atoms with Gasteiger partial charge in [0.05, 0.1) is 18.9 Å². The van der Waals surface area contributed by atoms with E-state index in [9.17, 15) is 34.2 Å². The van der Waals surface area contributed by atoms with Gasteiger partial charge in [0.2, 0.25) is 29.5 Å². The third-order valence-corrected chi connectivity index (χ3v) is 6.56. The van der Waals surface area contributed by atoms with Crippen LogP contribution in [0.2, 0.25) is 0 Å². The summed E-state index contributed by atoms with van der Waals surface area (Å²) in [6.45, 7) is 1.26. The van der Waals surface area contributed by atoms with Crippen LogP contribution in [0.5, 0.6) is 11.5 Å². The van der Waals surface area contributed by atoms with Gasteiger partial charge in [0, 0.05) is 31.3 Å². The zero-order valence-electron chi connectivity index (χ0n) is 25.4. The summed E-state index contributed by atoms with van der Waals surface area (Å²) in [6, 6.07) is 0.921. The summed E-state index contributed by atoms with van der Waals surface area (Å²) < 4.78 is 0. The van der Waals surface area contributed by atoms with Crippen molar-refractivity contribution in [3.8, 4) is 11.5 Å². The minimum absolute atomic E-state index is 0.0440. The normalized spacial score (nSPS) is 12.7. The van der Waals surface area contributed by atoms with E-state index in [1.165, 1.54) is 12.1 Å². The van der Waals surface area contributed by atoms with Gasteiger partial charge in [-0.1, -0.05) is 6.07 Å². The summed E-state index contributed by atoms with van der Waals surface area (Å²) in [6.07, 6.45) is 2.76. The number of guanidine groups is 1. The fourth-order valence-corrected chi connectivity index (χ4v) is 4.15. The van der Waals surface area contributed by atoms with Crippen molar-refractivity contribution in [1.82, 2.24) is 21.3 Å². The molecule has 16 N–H and O–H groups in total. The summed E-state index contributed by atoms with van der Waals surface area (Å²) in [5.74, 6) is -3.33. The molecule has 0 fully saturated rings. The quantitative estimate of drug-likeness (QED) is 0.0346. The second-order valence-electron chi connectivity index (χ2n) is 10.5. The number of hydrogen-bond acceptors (Lipinski definition) is 10. The summed E-state index contributed by atoms with van der Waals surface area (Å²) in [5.41, 5.74) is 27.5. The molecule has 1 aromatic carbocycles. The predicted molar refractivity (Wildman–Crippen MR) is 167 cm³/mol. The molecule has 17 nitrogen and oxygen atoms in total. The van der Waals surface area contributed by atoms with Crippen molar-refractivity contribution in [1.29, 1.82) is 0 Å². The largest absolute Gasteiger partial charge is 0.508 e. The monoisotopic (exact) mass is 636 g/mol. The Kier molecular flexibility index (Phi) is 18.0. The average molecular weight is 637 g/mol. The Balaban J connectivity index is 2.44. The van der Waals surface area contributed by atoms with Gasteiger partial charge in [-0.2, -0.15) is 0 Å². The first-order chi connectivity index (χ1) is 21.3. The Morgan fingerprint density at radius 2 is 1.44 bits per heavy atom. The standard InChI is InChI=1S/C28H48N10O7/c29-10-4-7-20(38-25(43)19(30)6-5-13-36-28(32)33)26(44)34-11-2-1-3-12-35-27(45)21(16-23(31)41)37-24(42)14-17-8-9-18(39)15-22(17)40/h8-9,15,19-21,39-40H,1-7,10-14,16,29-30H2,(H2,31,41)(H,34,44)(H,35,45)(H,37,42)(H,38,43)(H4,32,33,36)/t19-,20-,21-/m0/s1. The summed E-state index contributed by atoms with van der Waals surface area (Å²) >= 11 is 0. The van der Waals surface area contributed by atoms with Gasteiger partial charge < -0.3 is 60.1 Å². The fourth-order valence-electron chi connectivity index (χ4n) is 4.15. The summed E-state index contributed by atoms with van der Waals surface area (Å²) in [7, 11) is 0. The minimum Gasteiger partial charge on any atom is -0.508 e. The maximum Gasteiger partial charge on any atom is 0.243 e. The second kappa shape index (κ2) is 21.1. The van der Waals surface area contributed by atoms with Gasteiger partial charge in [-0.3, -0.25) is 29.0 Å². The molecule has 0 spiro atoms. The van der Waals surface area contributed by atoms with Gasteiger partial charge in [0.25, 0.3) is 0 Å². The van der Waals surface area contributed by atoms with Gasteiger partial charge in [-0.05, 0) is 57.6 Å². The molecule has 45 heavy (non-hydrogen) atoms. The summed E-state index contributed by atoms with van der Waals surface area (Å²) in [4.78, 5) is 65.5. The molecule has 1 rings (SSSR count). The number of nitrogens with one attached hydrogen (secondary N) is 4. The number of aliphatic imine (C=N–C) groups is 1. The van der Waals surface area contributed by atoms with E-state index in [2.05, 4.69) is 26.3 Å². The van der Waals surface area contributed by atoms with Crippen molar-refractivity contribution in [2.24, 2.45) is 33.7 Å². The smallest absolute Gasteiger partial charge is 0.243 e. The molecule has 0 aliphatic heterocycles. The van der Waals surface area contributed by atoms with Gasteiger partial charge in [0.15, 0.2) is 5.96 Å². The fraction of sp³-hybridized carbons (Fsp3) is 0.571. The number of amides is 5. The van der Waals surface area contributed by atoms with Crippen LogP contribution in [0.3, 0.4) is 0 Å². The summed E-state index contributed by atoms with van der Waals surface area (Å²) in [5, 5.41) is 29.8. The highest BCUT2D eigenvalue weighted by Gasteiger charge is 2.24. The van der Waals surface area contributed by atoms with Crippen LogP contribution in [-0.2, 0) is 30.4 Å². The van der Waals surface area contributed by atoms with Gasteiger partial charge in [-0.15, -0.1) is 0 Å². The second-order valence-corrected chi connectivity index (χ2v) is 10.5. The van der Waals surface area contributed by atoms with Crippen LogP contribution < -0.4 is 49.9 Å². The lowest BCUT2D eigenvalue weighted by Gasteiger charge is -2.20. The van der Waals surface area contributed by atoms with Crippen molar-refractivity contribution >= 4 is 35.5 Å². The molecule has 0 saturated heterocycles. The number of benzene rings is 1. The molecule has 5 amide bonds. The van der Waals surface area contributed by atoms with E-state index in [1.807, 2.05) is 0 Å². The number of carbonyl (C=O) groups excluding carboxylic acids is 5. The van der Waals surface area contributed by atoms with Crippen LogP contribution in [0.1, 0.15) is 56.9 Å². The van der Waals surface area contributed by atoms with Crippen LogP contribution in [0.4, 0.5) is 0 Å². The molecule has 0 radical (unpaired) electrons. The molecule has 0 bridgehead atoms. The highest BCUT2D eigenvalue weighted by molar-refractivity contribution is 5.92. The number of nitrogens with zero attached hydrogens (tertiary/aromatic N) is 1. The van der Waals surface area contributed by atoms with Crippen LogP contribution in [0.25, 0.3) is 0 Å². The van der Waals surface area contributed by atoms with Crippen molar-refractivity contribution in [3.63, 3.8) is 0 Å². The Bertz CT molecular complexity index is 1160. The minimum atomic E-state index is -1.21. The molecule has 0 unspecified atom stereocenters. The Hall–Kier alpha value is -4.64. The Morgan fingerprint density at radius 1 is 0.800 bits per heavy atom. The van der Waals surface area contributed by atoms with E-state index in [0.29, 0.717) is 64.6 Å². The van der Waals surface area contributed by atoms with E-state index in [-0.39, 0.29) is 41.9 Å². The molecular weight excluding hydrogens is 588 g/mol. The first-order valence-electron chi connectivity index (χ1n) is 14.8. The van der Waals surface area contributed by atoms with E-state index in [4.69, 9.17) is 28.7 Å². The topological polar surface area (TPSA) is 316 Å². The molecular formula is C28H48N10O7. The molecule has 0 saturated carbocycles. The molecule has 1 aromatic rings. The van der Waals surface area contributed by atoms with Gasteiger partial charge >= 0.3 is 0 Å². The van der Waals surface area contributed by atoms with Crippen molar-refractivity contribution in [2.75, 3.05) is 26.2 Å². The number of hydrogen-bond donors (Lipinski definition) is 11. The lowest BCUT2D eigenvalue weighted by molar-refractivity contribution is -0.131. The van der Waals surface area contributed by atoms with Crippen LogP contribution in [0, 0.1) is 0 Å². The molecule has 0 aromatic heterocycles. The SMILES string of the molecule is NCCC[C@H](NC(=O)[C@@H](N)CCCN=C(N)N)C(=O)NCCCCCNC(=O)[C@H](CC(N)=O)NC(=O)Cc1ccc(O)cc1O. The lowest BCUT2D eigenvalue weighted by atomic mass is 10.1. The van der Waals surface area contributed by atoms with E-state index < -0.39 is 48.2 Å². The maximum atomic E-state index is 12.7. The van der Waals surface area contributed by atoms with Crippen LogP contribution >= 0.6 is 0 Å². The average Bonchev–Trinajstić information content (AvgIpc) is 2.97. The van der Waals surface area contributed by atoms with Gasteiger partial charge in [-0.25, -0.2) is 0 Å². The highest BCUT2D eigenvalue weighted by atomic mass is 16.3. The molecule has 252 valence electrons. The first kappa shape index (κ1) is 38.4. The molecule has 3 atom stereocenters. The Morgan fingerprint density at radius 3 is 2.02 bits per heavy atom. The highest BCUT2D eigenvalue weighted by Crippen LogP contribution is 2.22. The molecule has 0 aliphatic carbocycles. The number of nitrogens with two attached hydrogens (primary N) is 5. The molecule has 17 heteroatoms. The zero-order chi connectivity index (χ0) is 33.8. The number of carbonyl (C=O) groups is 5. The zero-order valence-corrected chi connectivity index (χ0v) is 25.4. The van der Waals surface area contributed by atoms with Crippen molar-refractivity contribution < 1.29 is 34.2 Å². The number of phenols is 2. The first-order valence-corrected chi connectivity index (χ1v) is 14.8. The third kappa shape index (κ3) is 16.7. The van der Waals surface area contributed by atoms with E-state index in [0.717, 1.165) is 6.07 Å². The third-order valence-electron chi connectivity index (χ3n) is 6.56. The number of unbranched alkanes of at least 4 members (excludes halogenated alkanes) is 2. The van der Waals surface area contributed by atoms with Crippen molar-refractivity contribution in [2.45, 2.75) is 75.9 Å². The van der Waals surface area contributed by atoms with Crippen LogP contribution in [0.15, 0.2) is 23.2 Å². The lowest BCUT2D eigenvalue weighted by Crippen LogP contribution is -2.51. The molecule has 0 aliphatic rings. The number of phenolic OH excluding ortho intramolecular Hbond substituents is 2. The molecule has 0 heterocycles. The number of primary amides is 1.